The third-order valence-electron chi connectivity index (χ3n) is 3.74. The van der Waals surface area contributed by atoms with Crippen molar-refractivity contribution >= 4 is 11.7 Å². The SMILES string of the molecule is O=Nc1ccc(C2CC2C(=O)OCc2ccccc2)cc1. The molecule has 2 atom stereocenters. The van der Waals surface area contributed by atoms with Gasteiger partial charge in [0.05, 0.1) is 5.92 Å². The molecule has 2 unspecified atom stereocenters. The Kier molecular flexibility index (Phi) is 3.77. The number of hydrogen-bond acceptors (Lipinski definition) is 4. The number of ether oxygens (including phenoxy) is 1. The van der Waals surface area contributed by atoms with Crippen molar-refractivity contribution in [2.24, 2.45) is 11.1 Å². The van der Waals surface area contributed by atoms with Crippen LogP contribution in [0, 0.1) is 10.8 Å². The van der Waals surface area contributed by atoms with Gasteiger partial charge in [0.25, 0.3) is 0 Å². The van der Waals surface area contributed by atoms with Crippen LogP contribution in [0.15, 0.2) is 59.8 Å². The summed E-state index contributed by atoms with van der Waals surface area (Å²) in [6.45, 7) is 0.316. The quantitative estimate of drug-likeness (QED) is 0.616. The standard InChI is InChI=1S/C17H15NO3/c19-17(21-11-12-4-2-1-3-5-12)16-10-15(16)13-6-8-14(18-20)9-7-13/h1-9,15-16H,10-11H2. The van der Waals surface area contributed by atoms with Crippen LogP contribution in [0.1, 0.15) is 23.5 Å². The largest absolute Gasteiger partial charge is 0.461 e. The summed E-state index contributed by atoms with van der Waals surface area (Å²) in [4.78, 5) is 22.4. The molecule has 0 aromatic heterocycles. The summed E-state index contributed by atoms with van der Waals surface area (Å²) >= 11 is 0. The molecule has 2 aromatic carbocycles. The van der Waals surface area contributed by atoms with Gasteiger partial charge in [-0.2, -0.15) is 0 Å². The van der Waals surface area contributed by atoms with Gasteiger partial charge in [-0.3, -0.25) is 4.79 Å². The molecule has 0 bridgehead atoms. The van der Waals surface area contributed by atoms with E-state index in [9.17, 15) is 9.70 Å². The molecule has 1 fully saturated rings. The van der Waals surface area contributed by atoms with Crippen LogP contribution in [0.3, 0.4) is 0 Å². The summed E-state index contributed by atoms with van der Waals surface area (Å²) in [7, 11) is 0. The normalized spacial score (nSPS) is 19.8. The fourth-order valence-electron chi connectivity index (χ4n) is 2.44. The minimum atomic E-state index is -0.151. The maximum Gasteiger partial charge on any atom is 0.309 e. The lowest BCUT2D eigenvalue weighted by molar-refractivity contribution is -0.146. The van der Waals surface area contributed by atoms with Gasteiger partial charge in [0, 0.05) is 0 Å². The van der Waals surface area contributed by atoms with E-state index in [0.29, 0.717) is 12.3 Å². The van der Waals surface area contributed by atoms with Gasteiger partial charge < -0.3 is 4.74 Å². The zero-order valence-corrected chi connectivity index (χ0v) is 11.4. The number of hydrogen-bond donors (Lipinski definition) is 0. The Hall–Kier alpha value is -2.49. The van der Waals surface area contributed by atoms with Crippen molar-refractivity contribution in [3.05, 3.63) is 70.6 Å². The number of nitroso groups, excluding NO2 is 1. The van der Waals surface area contributed by atoms with Crippen LogP contribution in [-0.2, 0) is 16.1 Å². The van der Waals surface area contributed by atoms with Crippen LogP contribution in [-0.4, -0.2) is 5.97 Å². The first-order chi connectivity index (χ1) is 10.3. The third kappa shape index (κ3) is 3.16. The molecular weight excluding hydrogens is 266 g/mol. The Bertz CT molecular complexity index is 637. The highest BCUT2D eigenvalue weighted by molar-refractivity contribution is 5.77. The minimum absolute atomic E-state index is 0.0660. The monoisotopic (exact) mass is 281 g/mol. The van der Waals surface area contributed by atoms with E-state index in [1.165, 1.54) is 0 Å². The Morgan fingerprint density at radius 3 is 2.48 bits per heavy atom. The molecule has 0 spiro atoms. The first-order valence-corrected chi connectivity index (χ1v) is 6.92. The highest BCUT2D eigenvalue weighted by atomic mass is 16.5. The lowest BCUT2D eigenvalue weighted by atomic mass is 10.1. The number of esters is 1. The van der Waals surface area contributed by atoms with Crippen LogP contribution in [0.5, 0.6) is 0 Å². The molecular formula is C17H15NO3. The van der Waals surface area contributed by atoms with E-state index in [1.54, 1.807) is 12.1 Å². The number of benzene rings is 2. The molecule has 0 aliphatic heterocycles. The van der Waals surface area contributed by atoms with Crippen LogP contribution in [0.2, 0.25) is 0 Å². The van der Waals surface area contributed by atoms with Crippen molar-refractivity contribution in [2.45, 2.75) is 18.9 Å². The highest BCUT2D eigenvalue weighted by Gasteiger charge is 2.45. The van der Waals surface area contributed by atoms with Crippen molar-refractivity contribution in [2.75, 3.05) is 0 Å². The molecule has 4 nitrogen and oxygen atoms in total. The molecule has 21 heavy (non-hydrogen) atoms. The fourth-order valence-corrected chi connectivity index (χ4v) is 2.44. The van der Waals surface area contributed by atoms with Gasteiger partial charge in [0.15, 0.2) is 0 Å². The summed E-state index contributed by atoms with van der Waals surface area (Å²) in [6, 6.07) is 16.7. The zero-order valence-electron chi connectivity index (χ0n) is 11.4. The van der Waals surface area contributed by atoms with Crippen molar-refractivity contribution in [1.29, 1.82) is 0 Å². The van der Waals surface area contributed by atoms with Gasteiger partial charge in [-0.25, -0.2) is 0 Å². The molecule has 106 valence electrons. The highest BCUT2D eigenvalue weighted by Crippen LogP contribution is 2.48. The van der Waals surface area contributed by atoms with Gasteiger partial charge in [0.2, 0.25) is 0 Å². The number of carbonyl (C=O) groups excluding carboxylic acids is 1. The first-order valence-electron chi connectivity index (χ1n) is 6.92. The first kappa shape index (κ1) is 13.5. The lowest BCUT2D eigenvalue weighted by Crippen LogP contribution is -2.07. The minimum Gasteiger partial charge on any atom is -0.461 e. The molecule has 0 radical (unpaired) electrons. The van der Waals surface area contributed by atoms with Crippen LogP contribution in [0.25, 0.3) is 0 Å². The van der Waals surface area contributed by atoms with Crippen LogP contribution in [0.4, 0.5) is 5.69 Å². The number of rotatable bonds is 5. The van der Waals surface area contributed by atoms with Gasteiger partial charge >= 0.3 is 5.97 Å². The van der Waals surface area contributed by atoms with Gasteiger partial charge in [-0.15, -0.1) is 4.91 Å². The summed E-state index contributed by atoms with van der Waals surface area (Å²) in [5.41, 5.74) is 2.45. The topological polar surface area (TPSA) is 55.7 Å². The van der Waals surface area contributed by atoms with Gasteiger partial charge in [-0.05, 0) is 40.8 Å². The molecule has 0 saturated heterocycles. The van der Waals surface area contributed by atoms with Crippen molar-refractivity contribution in [3.63, 3.8) is 0 Å². The van der Waals surface area contributed by atoms with Crippen LogP contribution < -0.4 is 0 Å². The second-order valence-electron chi connectivity index (χ2n) is 5.22. The lowest BCUT2D eigenvalue weighted by Gasteiger charge is -2.04. The maximum absolute atomic E-state index is 12.0. The molecule has 1 aliphatic rings. The van der Waals surface area contributed by atoms with Gasteiger partial charge in [-0.1, -0.05) is 42.5 Å². The molecule has 0 heterocycles. The molecule has 0 N–H and O–H groups in total. The van der Waals surface area contributed by atoms with Crippen molar-refractivity contribution in [1.82, 2.24) is 0 Å². The number of nitrogens with zero attached hydrogens (tertiary/aromatic N) is 1. The van der Waals surface area contributed by atoms with Gasteiger partial charge in [0.1, 0.15) is 12.3 Å². The van der Waals surface area contributed by atoms with E-state index in [4.69, 9.17) is 4.74 Å². The van der Waals surface area contributed by atoms with E-state index >= 15 is 0 Å². The molecule has 3 rings (SSSR count). The smallest absolute Gasteiger partial charge is 0.309 e. The summed E-state index contributed by atoms with van der Waals surface area (Å²) in [5, 5.41) is 2.87. The van der Waals surface area contributed by atoms with Crippen molar-refractivity contribution < 1.29 is 9.53 Å². The number of carbonyl (C=O) groups is 1. The average molecular weight is 281 g/mol. The predicted molar refractivity (Wildman–Crippen MR) is 79.0 cm³/mol. The maximum atomic E-state index is 12.0. The molecule has 2 aromatic rings. The summed E-state index contributed by atoms with van der Waals surface area (Å²) in [6.07, 6.45) is 0.807. The Labute approximate surface area is 122 Å². The summed E-state index contributed by atoms with van der Waals surface area (Å²) < 4.78 is 5.34. The van der Waals surface area contributed by atoms with Crippen molar-refractivity contribution in [3.8, 4) is 0 Å². The third-order valence-corrected chi connectivity index (χ3v) is 3.74. The Balaban J connectivity index is 1.54. The second kappa shape index (κ2) is 5.87. The summed E-state index contributed by atoms with van der Waals surface area (Å²) in [5.74, 6) is -0.0147. The molecule has 0 amide bonds. The van der Waals surface area contributed by atoms with E-state index in [2.05, 4.69) is 5.18 Å². The second-order valence-corrected chi connectivity index (χ2v) is 5.22. The fraction of sp³-hybridized carbons (Fsp3) is 0.235. The molecule has 1 saturated carbocycles. The van der Waals surface area contributed by atoms with E-state index in [0.717, 1.165) is 17.5 Å². The van der Waals surface area contributed by atoms with E-state index in [-0.39, 0.29) is 17.8 Å². The van der Waals surface area contributed by atoms with E-state index < -0.39 is 0 Å². The average Bonchev–Trinajstić information content (AvgIpc) is 3.34. The predicted octanol–water partition coefficient (Wildman–Crippen LogP) is 3.93. The van der Waals surface area contributed by atoms with E-state index in [1.807, 2.05) is 42.5 Å². The molecule has 4 heteroatoms. The molecule has 1 aliphatic carbocycles. The Morgan fingerprint density at radius 2 is 1.81 bits per heavy atom. The van der Waals surface area contributed by atoms with Crippen LogP contribution >= 0.6 is 0 Å². The Morgan fingerprint density at radius 1 is 1.10 bits per heavy atom. The zero-order chi connectivity index (χ0) is 14.7.